The van der Waals surface area contributed by atoms with Crippen LogP contribution in [0.15, 0.2) is 6.07 Å². The van der Waals surface area contributed by atoms with Gasteiger partial charge >= 0.3 is 0 Å². The number of rotatable bonds is 6. The quantitative estimate of drug-likeness (QED) is 0.806. The Labute approximate surface area is 107 Å². The van der Waals surface area contributed by atoms with Crippen molar-refractivity contribution in [1.29, 1.82) is 0 Å². The van der Waals surface area contributed by atoms with E-state index in [9.17, 15) is 0 Å². The Morgan fingerprint density at radius 2 is 2.24 bits per heavy atom. The lowest BCUT2D eigenvalue weighted by atomic mass is 10.2. The normalized spacial score (nSPS) is 12.2. The second kappa shape index (κ2) is 6.54. The fraction of sp³-hybridized carbons (Fsp3) is 0.636. The van der Waals surface area contributed by atoms with Crippen LogP contribution in [0.1, 0.15) is 13.3 Å². The van der Waals surface area contributed by atoms with Crippen molar-refractivity contribution < 1.29 is 0 Å². The Morgan fingerprint density at radius 3 is 2.82 bits per heavy atom. The molecule has 5 nitrogen and oxygen atoms in total. The summed E-state index contributed by atoms with van der Waals surface area (Å²) in [5.41, 5.74) is 5.68. The van der Waals surface area contributed by atoms with Crippen molar-refractivity contribution in [3.8, 4) is 0 Å². The van der Waals surface area contributed by atoms with Gasteiger partial charge in [-0.15, -0.1) is 0 Å². The van der Waals surface area contributed by atoms with Crippen LogP contribution in [0.5, 0.6) is 0 Å². The third kappa shape index (κ3) is 3.96. The predicted octanol–water partition coefficient (Wildman–Crippen LogP) is 1.68. The zero-order chi connectivity index (χ0) is 12.8. The average molecular weight is 255 g/mol. The predicted molar refractivity (Wildman–Crippen MR) is 76.9 cm³/mol. The Hall–Kier alpha value is -1.17. The molecule has 0 bridgehead atoms. The molecule has 0 amide bonds. The zero-order valence-electron chi connectivity index (χ0n) is 10.9. The van der Waals surface area contributed by atoms with E-state index in [-0.39, 0.29) is 0 Å². The van der Waals surface area contributed by atoms with Crippen LogP contribution in [0.3, 0.4) is 0 Å². The van der Waals surface area contributed by atoms with Crippen LogP contribution >= 0.6 is 11.8 Å². The number of nitrogens with two attached hydrogens (primary N) is 1. The highest BCUT2D eigenvalue weighted by atomic mass is 32.2. The average Bonchev–Trinajstić information content (AvgIpc) is 2.34. The van der Waals surface area contributed by atoms with Gasteiger partial charge in [-0.1, -0.05) is 0 Å². The fourth-order valence-corrected chi connectivity index (χ4v) is 2.05. The Morgan fingerprint density at radius 1 is 1.53 bits per heavy atom. The van der Waals surface area contributed by atoms with Gasteiger partial charge in [0.15, 0.2) is 0 Å². The van der Waals surface area contributed by atoms with E-state index in [0.717, 1.165) is 23.8 Å². The maximum absolute atomic E-state index is 5.68. The number of aromatic nitrogens is 2. The van der Waals surface area contributed by atoms with Crippen molar-refractivity contribution in [2.45, 2.75) is 19.4 Å². The van der Waals surface area contributed by atoms with E-state index in [1.165, 1.54) is 0 Å². The molecule has 6 heteroatoms. The van der Waals surface area contributed by atoms with Crippen molar-refractivity contribution >= 4 is 29.3 Å². The minimum atomic E-state index is 0.302. The van der Waals surface area contributed by atoms with Gasteiger partial charge in [0.1, 0.15) is 11.6 Å². The number of nitrogens with zero attached hydrogens (tertiary/aromatic N) is 3. The molecule has 0 saturated heterocycles. The van der Waals surface area contributed by atoms with Crippen molar-refractivity contribution in [2.24, 2.45) is 0 Å². The van der Waals surface area contributed by atoms with Gasteiger partial charge in [-0.3, -0.25) is 0 Å². The highest BCUT2D eigenvalue weighted by Crippen LogP contribution is 2.19. The van der Waals surface area contributed by atoms with Crippen LogP contribution in [0, 0.1) is 0 Å². The molecule has 17 heavy (non-hydrogen) atoms. The smallest absolute Gasteiger partial charge is 0.223 e. The van der Waals surface area contributed by atoms with Crippen molar-refractivity contribution in [1.82, 2.24) is 9.97 Å². The van der Waals surface area contributed by atoms with E-state index < -0.39 is 0 Å². The van der Waals surface area contributed by atoms with E-state index in [0.29, 0.717) is 12.0 Å². The van der Waals surface area contributed by atoms with Crippen LogP contribution in [0.2, 0.25) is 0 Å². The van der Waals surface area contributed by atoms with Crippen LogP contribution in [-0.4, -0.2) is 42.1 Å². The molecule has 1 heterocycles. The van der Waals surface area contributed by atoms with Gasteiger partial charge in [-0.05, 0) is 25.4 Å². The van der Waals surface area contributed by atoms with Crippen LogP contribution in [0.25, 0.3) is 0 Å². The molecule has 0 saturated carbocycles. The molecular formula is C11H21N5S. The molecule has 1 aromatic heterocycles. The van der Waals surface area contributed by atoms with Gasteiger partial charge < -0.3 is 16.0 Å². The molecule has 0 aromatic carbocycles. The zero-order valence-corrected chi connectivity index (χ0v) is 11.7. The number of hydrogen-bond donors (Lipinski definition) is 2. The van der Waals surface area contributed by atoms with Crippen molar-refractivity contribution in [3.63, 3.8) is 0 Å². The standard InChI is InChI=1S/C11H21N5S/c1-8(5-6-17-4)16(3)10-7-9(13-2)14-11(12)15-10/h7-8H,5-6H2,1-4H3,(H3,12,13,14,15). The first-order chi connectivity index (χ1) is 8.08. The molecule has 96 valence electrons. The lowest BCUT2D eigenvalue weighted by Gasteiger charge is -2.26. The number of thioether (sulfide) groups is 1. The summed E-state index contributed by atoms with van der Waals surface area (Å²) >= 11 is 1.86. The molecule has 0 fully saturated rings. The minimum Gasteiger partial charge on any atom is -0.373 e. The van der Waals surface area contributed by atoms with Gasteiger partial charge in [0.2, 0.25) is 5.95 Å². The Kier molecular flexibility index (Phi) is 5.34. The number of hydrogen-bond acceptors (Lipinski definition) is 6. The molecule has 3 N–H and O–H groups in total. The molecule has 0 aliphatic heterocycles. The fourth-order valence-electron chi connectivity index (χ4n) is 1.47. The van der Waals surface area contributed by atoms with Gasteiger partial charge in [-0.25, -0.2) is 0 Å². The van der Waals surface area contributed by atoms with Crippen molar-refractivity contribution in [2.75, 3.05) is 42.1 Å². The lowest BCUT2D eigenvalue weighted by Crippen LogP contribution is -2.30. The van der Waals surface area contributed by atoms with Gasteiger partial charge in [0.25, 0.3) is 0 Å². The van der Waals surface area contributed by atoms with E-state index >= 15 is 0 Å². The van der Waals surface area contributed by atoms with Crippen LogP contribution in [-0.2, 0) is 0 Å². The summed E-state index contributed by atoms with van der Waals surface area (Å²) in [7, 11) is 3.86. The first kappa shape index (κ1) is 13.9. The summed E-state index contributed by atoms with van der Waals surface area (Å²) in [4.78, 5) is 10.5. The molecule has 0 spiro atoms. The third-order valence-corrected chi connectivity index (χ3v) is 3.39. The molecule has 0 radical (unpaired) electrons. The summed E-state index contributed by atoms with van der Waals surface area (Å²) in [5.74, 6) is 3.05. The first-order valence-corrected chi connectivity index (χ1v) is 7.02. The number of nitrogen functional groups attached to an aromatic ring is 1. The molecular weight excluding hydrogens is 234 g/mol. The van der Waals surface area contributed by atoms with E-state index in [2.05, 4.69) is 33.4 Å². The second-order valence-corrected chi connectivity index (χ2v) is 4.95. The highest BCUT2D eigenvalue weighted by Gasteiger charge is 2.12. The monoisotopic (exact) mass is 255 g/mol. The third-order valence-electron chi connectivity index (χ3n) is 2.75. The summed E-state index contributed by atoms with van der Waals surface area (Å²) in [6, 6.07) is 2.34. The summed E-state index contributed by atoms with van der Waals surface area (Å²) in [5, 5.41) is 2.98. The topological polar surface area (TPSA) is 67.1 Å². The molecule has 1 aromatic rings. The maximum atomic E-state index is 5.68. The van der Waals surface area contributed by atoms with Crippen LogP contribution < -0.4 is 16.0 Å². The van der Waals surface area contributed by atoms with E-state index in [1.807, 2.05) is 31.9 Å². The number of anilines is 3. The van der Waals surface area contributed by atoms with E-state index in [4.69, 9.17) is 5.73 Å². The van der Waals surface area contributed by atoms with E-state index in [1.54, 1.807) is 0 Å². The Bertz CT molecular complexity index is 358. The second-order valence-electron chi connectivity index (χ2n) is 3.96. The molecule has 0 aliphatic rings. The first-order valence-electron chi connectivity index (χ1n) is 5.62. The largest absolute Gasteiger partial charge is 0.373 e. The molecule has 1 unspecified atom stereocenters. The van der Waals surface area contributed by atoms with Crippen LogP contribution in [0.4, 0.5) is 17.6 Å². The summed E-state index contributed by atoms with van der Waals surface area (Å²) in [6.45, 7) is 2.19. The highest BCUT2D eigenvalue weighted by molar-refractivity contribution is 7.98. The number of nitrogens with one attached hydrogen (secondary N) is 1. The summed E-state index contributed by atoms with van der Waals surface area (Å²) in [6.07, 6.45) is 3.24. The van der Waals surface area contributed by atoms with Gasteiger partial charge in [0, 0.05) is 26.2 Å². The van der Waals surface area contributed by atoms with Gasteiger partial charge in [-0.2, -0.15) is 21.7 Å². The van der Waals surface area contributed by atoms with Crippen molar-refractivity contribution in [3.05, 3.63) is 6.07 Å². The minimum absolute atomic E-state index is 0.302. The summed E-state index contributed by atoms with van der Waals surface area (Å²) < 4.78 is 0. The SMILES string of the molecule is CNc1cc(N(C)C(C)CCSC)nc(N)n1. The molecule has 1 atom stereocenters. The lowest BCUT2D eigenvalue weighted by molar-refractivity contribution is 0.662. The Balaban J connectivity index is 2.80. The molecule has 0 aliphatic carbocycles. The maximum Gasteiger partial charge on any atom is 0.223 e. The van der Waals surface area contributed by atoms with Gasteiger partial charge in [0.05, 0.1) is 0 Å². The molecule has 1 rings (SSSR count).